The number of nitrogens with one attached hydrogen (secondary N) is 2. The molecule has 4 aliphatic heterocycles. The summed E-state index contributed by atoms with van der Waals surface area (Å²) in [5.74, 6) is 0.827. The van der Waals surface area contributed by atoms with Crippen molar-refractivity contribution in [2.75, 3.05) is 60.9 Å². The van der Waals surface area contributed by atoms with Crippen LogP contribution >= 0.6 is 0 Å². The molecule has 0 radical (unpaired) electrons. The van der Waals surface area contributed by atoms with Gasteiger partial charge in [0.1, 0.15) is 36.0 Å². The number of piperidine rings is 2. The molecule has 3 fully saturated rings. The average Bonchev–Trinajstić information content (AvgIpc) is 3.83. The number of nitrogens with zero attached hydrogens (tertiary/aromatic N) is 9. The Hall–Kier alpha value is -6.94. The molecular weight excluding hydrogens is 763 g/mol. The van der Waals surface area contributed by atoms with Crippen molar-refractivity contribution in [1.82, 2.24) is 39.7 Å². The number of imide groups is 2. The van der Waals surface area contributed by atoms with Crippen LogP contribution in [0.5, 0.6) is 11.5 Å². The number of pyridine rings is 1. The molecule has 1 unspecified atom stereocenters. The van der Waals surface area contributed by atoms with Crippen LogP contribution in [0.3, 0.4) is 0 Å². The van der Waals surface area contributed by atoms with Crippen LogP contribution in [0.25, 0.3) is 16.6 Å². The van der Waals surface area contributed by atoms with Crippen LogP contribution in [0.2, 0.25) is 0 Å². The summed E-state index contributed by atoms with van der Waals surface area (Å²) < 4.78 is 7.87. The first-order chi connectivity index (χ1) is 29.2. The Balaban J connectivity index is 0.731. The predicted octanol–water partition coefficient (Wildman–Crippen LogP) is 4.96. The highest BCUT2D eigenvalue weighted by Crippen LogP contribution is 2.34. The number of fused-ring (bicyclic) bond motifs is 3. The van der Waals surface area contributed by atoms with E-state index in [1.807, 2.05) is 49.5 Å². The van der Waals surface area contributed by atoms with Crippen LogP contribution in [0.1, 0.15) is 52.0 Å². The predicted molar refractivity (Wildman–Crippen MR) is 224 cm³/mol. The Morgan fingerprint density at radius 1 is 0.767 bits per heavy atom. The number of piperazine rings is 1. The summed E-state index contributed by atoms with van der Waals surface area (Å²) in [6.07, 6.45) is 7.36. The van der Waals surface area contributed by atoms with Crippen LogP contribution in [-0.2, 0) is 9.59 Å². The van der Waals surface area contributed by atoms with Crippen molar-refractivity contribution in [2.45, 2.75) is 38.6 Å². The van der Waals surface area contributed by atoms with Gasteiger partial charge in [-0.15, -0.1) is 0 Å². The molecule has 2 N–H and O–H groups in total. The second-order valence-electron chi connectivity index (χ2n) is 16.0. The molecule has 0 aliphatic carbocycles. The molecule has 0 bridgehead atoms. The summed E-state index contributed by atoms with van der Waals surface area (Å²) in [4.78, 5) is 72.3. The highest BCUT2D eigenvalue weighted by atomic mass is 16.5. The number of carbonyl (C=O) groups is 4. The van der Waals surface area contributed by atoms with Crippen LogP contribution in [0.4, 0.5) is 22.9 Å². The van der Waals surface area contributed by atoms with Gasteiger partial charge in [-0.2, -0.15) is 5.10 Å². The molecule has 4 aliphatic rings. The maximum absolute atomic E-state index is 13.4. The summed E-state index contributed by atoms with van der Waals surface area (Å²) in [6, 6.07) is 20.5. The SMILES string of the molecule is Cc1cc(Nc2ncnc3ccc(N4CCC(CN5CCN(c6ccc7c(c6)C(=O)N(C6CCC(=O)NC6=O)C7=O)CC5)CC4)cc23)ccc1Oc1ccn2ncnc2c1. The topological polar surface area (TPSA) is 170 Å². The van der Waals surface area contributed by atoms with Crippen molar-refractivity contribution >= 4 is 63.1 Å². The van der Waals surface area contributed by atoms with E-state index >= 15 is 0 Å². The summed E-state index contributed by atoms with van der Waals surface area (Å²) >= 11 is 0. The minimum atomic E-state index is -0.970. The first kappa shape index (κ1) is 37.3. The molecule has 7 heterocycles. The van der Waals surface area contributed by atoms with Crippen molar-refractivity contribution < 1.29 is 23.9 Å². The zero-order chi connectivity index (χ0) is 40.9. The van der Waals surface area contributed by atoms with E-state index in [1.54, 1.807) is 23.0 Å². The van der Waals surface area contributed by atoms with Gasteiger partial charge in [0.2, 0.25) is 11.8 Å². The lowest BCUT2D eigenvalue weighted by atomic mass is 9.95. The van der Waals surface area contributed by atoms with Gasteiger partial charge in [0, 0.05) is 86.9 Å². The van der Waals surface area contributed by atoms with Crippen molar-refractivity contribution in [2.24, 2.45) is 5.92 Å². The van der Waals surface area contributed by atoms with Crippen LogP contribution in [0, 0.1) is 12.8 Å². The minimum absolute atomic E-state index is 0.0955. The second-order valence-corrected chi connectivity index (χ2v) is 16.0. The standard InChI is InChI=1S/C44H43N11O5/c1-27-20-29(2-8-38(27)60-32-12-15-54-39(23-32)46-26-48-54)49-41-35-22-31(4-6-36(35)45-25-47-41)52-13-10-28(11-14-52)24-51-16-18-53(19-17-51)30-3-5-33-34(21-30)44(59)55(43(33)58)37-7-9-40(56)50-42(37)57/h2-6,8,12,15,20-23,25-26,28,37H,7,9-11,13-14,16-19,24H2,1H3,(H,45,47,49)(H,50,56,57). The lowest BCUT2D eigenvalue weighted by Crippen LogP contribution is -2.54. The van der Waals surface area contributed by atoms with E-state index in [9.17, 15) is 19.2 Å². The molecule has 16 heteroatoms. The lowest BCUT2D eigenvalue weighted by Gasteiger charge is -2.40. The molecule has 10 rings (SSSR count). The molecule has 0 saturated carbocycles. The first-order valence-electron chi connectivity index (χ1n) is 20.4. The number of anilines is 4. The van der Waals surface area contributed by atoms with Gasteiger partial charge in [0.25, 0.3) is 11.8 Å². The zero-order valence-electron chi connectivity index (χ0n) is 33.1. The van der Waals surface area contributed by atoms with Gasteiger partial charge in [-0.05, 0) is 98.3 Å². The molecule has 3 saturated heterocycles. The number of ether oxygens (including phenoxy) is 1. The van der Waals surface area contributed by atoms with Crippen molar-refractivity contribution in [3.05, 3.63) is 102 Å². The summed E-state index contributed by atoms with van der Waals surface area (Å²) in [5.41, 5.74) is 6.13. The normalized spacial score (nSPS) is 19.0. The van der Waals surface area contributed by atoms with Gasteiger partial charge in [-0.25, -0.2) is 19.5 Å². The number of aromatic nitrogens is 5. The summed E-state index contributed by atoms with van der Waals surface area (Å²) in [5, 5.41) is 10.9. The Morgan fingerprint density at radius 3 is 2.37 bits per heavy atom. The maximum Gasteiger partial charge on any atom is 0.262 e. The number of hydrogen-bond donors (Lipinski definition) is 2. The van der Waals surface area contributed by atoms with E-state index in [4.69, 9.17) is 4.74 Å². The molecule has 16 nitrogen and oxygen atoms in total. The third-order valence-corrected chi connectivity index (χ3v) is 12.2. The van der Waals surface area contributed by atoms with Crippen molar-refractivity contribution in [3.8, 4) is 11.5 Å². The molecule has 6 aromatic rings. The minimum Gasteiger partial charge on any atom is -0.457 e. The van der Waals surface area contributed by atoms with E-state index in [2.05, 4.69) is 63.6 Å². The van der Waals surface area contributed by atoms with E-state index in [0.717, 1.165) is 114 Å². The Morgan fingerprint density at radius 2 is 1.55 bits per heavy atom. The third kappa shape index (κ3) is 7.12. The number of amides is 4. The molecular formula is C44H43N11O5. The molecule has 3 aromatic carbocycles. The van der Waals surface area contributed by atoms with E-state index < -0.39 is 23.8 Å². The second kappa shape index (κ2) is 15.3. The number of carbonyl (C=O) groups excluding carboxylic acids is 4. The number of hydrogen-bond acceptors (Lipinski definition) is 13. The van der Waals surface area contributed by atoms with Gasteiger partial charge >= 0.3 is 0 Å². The average molecular weight is 806 g/mol. The largest absolute Gasteiger partial charge is 0.457 e. The fraction of sp³-hybridized carbons (Fsp3) is 0.318. The molecule has 1 atom stereocenters. The fourth-order valence-corrected chi connectivity index (χ4v) is 8.89. The molecule has 4 amide bonds. The highest BCUT2D eigenvalue weighted by molar-refractivity contribution is 6.23. The third-order valence-electron chi connectivity index (χ3n) is 12.2. The van der Waals surface area contributed by atoms with Gasteiger partial charge in [0.05, 0.1) is 16.6 Å². The Bertz CT molecular complexity index is 2680. The Labute approximate surface area is 345 Å². The molecule has 3 aromatic heterocycles. The smallest absolute Gasteiger partial charge is 0.262 e. The summed E-state index contributed by atoms with van der Waals surface area (Å²) in [7, 11) is 0. The van der Waals surface area contributed by atoms with Gasteiger partial charge in [-0.3, -0.25) is 34.3 Å². The molecule has 304 valence electrons. The number of rotatable bonds is 9. The lowest BCUT2D eigenvalue weighted by molar-refractivity contribution is -0.136. The first-order valence-corrected chi connectivity index (χ1v) is 20.4. The van der Waals surface area contributed by atoms with E-state index in [-0.39, 0.29) is 18.7 Å². The highest BCUT2D eigenvalue weighted by Gasteiger charge is 2.45. The molecule has 60 heavy (non-hydrogen) atoms. The number of benzene rings is 3. The summed E-state index contributed by atoms with van der Waals surface area (Å²) in [6.45, 7) is 8.42. The monoisotopic (exact) mass is 805 g/mol. The van der Waals surface area contributed by atoms with Crippen LogP contribution < -0.4 is 25.2 Å². The van der Waals surface area contributed by atoms with Crippen molar-refractivity contribution in [1.29, 1.82) is 0 Å². The quantitative estimate of drug-likeness (QED) is 0.188. The van der Waals surface area contributed by atoms with Gasteiger partial charge < -0.3 is 19.9 Å². The zero-order valence-corrected chi connectivity index (χ0v) is 33.1. The molecule has 0 spiro atoms. The Kier molecular flexibility index (Phi) is 9.55. The number of aryl methyl sites for hydroxylation is 1. The van der Waals surface area contributed by atoms with E-state index in [0.29, 0.717) is 22.8 Å². The van der Waals surface area contributed by atoms with Gasteiger partial charge in [-0.1, -0.05) is 0 Å². The van der Waals surface area contributed by atoms with Crippen molar-refractivity contribution in [3.63, 3.8) is 0 Å². The maximum atomic E-state index is 13.4. The van der Waals surface area contributed by atoms with Crippen LogP contribution in [0.15, 0.2) is 85.6 Å². The van der Waals surface area contributed by atoms with Gasteiger partial charge in [0.15, 0.2) is 5.65 Å². The van der Waals surface area contributed by atoms with Crippen LogP contribution in [-0.4, -0.2) is 110 Å². The fourth-order valence-electron chi connectivity index (χ4n) is 8.89. The van der Waals surface area contributed by atoms with E-state index in [1.165, 1.54) is 6.33 Å².